The molecule has 1 saturated carbocycles. The van der Waals surface area contributed by atoms with Crippen molar-refractivity contribution in [3.63, 3.8) is 0 Å². The molecule has 18 heavy (non-hydrogen) atoms. The van der Waals surface area contributed by atoms with Crippen LogP contribution in [0.4, 0.5) is 4.79 Å². The number of halogens is 2. The number of amidine groups is 1. The SMILES string of the molecule is NC1=NC(=O)N(C2CC2)C1c1ccc(Cl)c(Br)c1. The first-order valence-corrected chi connectivity index (χ1v) is 6.86. The molecule has 1 fully saturated rings. The Hall–Kier alpha value is -1.07. The lowest BCUT2D eigenvalue weighted by atomic mass is 10.1. The van der Waals surface area contributed by atoms with Crippen molar-refractivity contribution in [2.24, 2.45) is 10.7 Å². The van der Waals surface area contributed by atoms with Crippen LogP contribution in [0.2, 0.25) is 5.02 Å². The number of carbonyl (C=O) groups excluding carboxylic acids is 1. The van der Waals surface area contributed by atoms with Gasteiger partial charge in [0, 0.05) is 10.5 Å². The van der Waals surface area contributed by atoms with Gasteiger partial charge in [-0.1, -0.05) is 17.7 Å². The van der Waals surface area contributed by atoms with E-state index in [4.69, 9.17) is 17.3 Å². The Balaban J connectivity index is 2.00. The number of carbonyl (C=O) groups is 1. The number of hydrogen-bond donors (Lipinski definition) is 1. The van der Waals surface area contributed by atoms with E-state index >= 15 is 0 Å². The van der Waals surface area contributed by atoms with Crippen molar-refractivity contribution in [1.82, 2.24) is 4.90 Å². The highest BCUT2D eigenvalue weighted by atomic mass is 79.9. The van der Waals surface area contributed by atoms with Gasteiger partial charge in [-0.2, -0.15) is 4.99 Å². The molecule has 6 heteroatoms. The van der Waals surface area contributed by atoms with Gasteiger partial charge in [0.05, 0.1) is 5.02 Å². The van der Waals surface area contributed by atoms with Crippen molar-refractivity contribution in [3.05, 3.63) is 33.3 Å². The topological polar surface area (TPSA) is 58.7 Å². The van der Waals surface area contributed by atoms with Crippen LogP contribution in [0.15, 0.2) is 27.7 Å². The minimum Gasteiger partial charge on any atom is -0.385 e. The van der Waals surface area contributed by atoms with E-state index in [1.807, 2.05) is 12.1 Å². The van der Waals surface area contributed by atoms with Gasteiger partial charge in [0.2, 0.25) is 0 Å². The molecule has 1 aromatic rings. The summed E-state index contributed by atoms with van der Waals surface area (Å²) in [5.74, 6) is 0.362. The van der Waals surface area contributed by atoms with Crippen molar-refractivity contribution in [2.45, 2.75) is 24.9 Å². The number of amides is 2. The molecule has 2 aliphatic rings. The first-order chi connectivity index (χ1) is 8.58. The lowest BCUT2D eigenvalue weighted by molar-refractivity contribution is 0.203. The molecule has 94 valence electrons. The number of nitrogens with two attached hydrogens (primary N) is 1. The number of hydrogen-bond acceptors (Lipinski definition) is 2. The smallest absolute Gasteiger partial charge is 0.346 e. The molecule has 4 nitrogen and oxygen atoms in total. The Bertz CT molecular complexity index is 556. The highest BCUT2D eigenvalue weighted by Gasteiger charge is 2.43. The molecule has 1 aliphatic heterocycles. The van der Waals surface area contributed by atoms with Gasteiger partial charge in [0.25, 0.3) is 0 Å². The van der Waals surface area contributed by atoms with Gasteiger partial charge in [-0.15, -0.1) is 0 Å². The molecule has 0 saturated heterocycles. The van der Waals surface area contributed by atoms with Crippen molar-refractivity contribution in [2.75, 3.05) is 0 Å². The summed E-state index contributed by atoms with van der Waals surface area (Å²) in [6.45, 7) is 0. The van der Waals surface area contributed by atoms with Gasteiger partial charge >= 0.3 is 6.03 Å². The molecule has 3 rings (SSSR count). The van der Waals surface area contributed by atoms with Crippen LogP contribution in [0.3, 0.4) is 0 Å². The molecule has 0 bridgehead atoms. The Morgan fingerprint density at radius 3 is 2.78 bits per heavy atom. The van der Waals surface area contributed by atoms with E-state index in [0.29, 0.717) is 10.9 Å². The zero-order valence-corrected chi connectivity index (χ0v) is 11.8. The molecule has 2 N–H and O–H groups in total. The van der Waals surface area contributed by atoms with Crippen molar-refractivity contribution < 1.29 is 4.79 Å². The Kier molecular flexibility index (Phi) is 2.83. The van der Waals surface area contributed by atoms with E-state index in [2.05, 4.69) is 20.9 Å². The third-order valence-electron chi connectivity index (χ3n) is 3.20. The van der Waals surface area contributed by atoms with E-state index in [-0.39, 0.29) is 18.1 Å². The molecule has 1 atom stereocenters. The number of urea groups is 1. The predicted molar refractivity (Wildman–Crippen MR) is 73.8 cm³/mol. The van der Waals surface area contributed by atoms with Crippen LogP contribution < -0.4 is 5.73 Å². The zero-order chi connectivity index (χ0) is 12.9. The summed E-state index contributed by atoms with van der Waals surface area (Å²) in [6, 6.07) is 5.37. The van der Waals surface area contributed by atoms with Gasteiger partial charge < -0.3 is 10.6 Å². The second-order valence-corrected chi connectivity index (χ2v) is 5.80. The molecule has 0 radical (unpaired) electrons. The maximum atomic E-state index is 11.8. The third kappa shape index (κ3) is 1.91. The van der Waals surface area contributed by atoms with Crippen LogP contribution in [0.1, 0.15) is 24.4 Å². The fraction of sp³-hybridized carbons (Fsp3) is 0.333. The zero-order valence-electron chi connectivity index (χ0n) is 9.44. The predicted octanol–water partition coefficient (Wildman–Crippen LogP) is 3.10. The molecule has 0 spiro atoms. The number of benzene rings is 1. The second kappa shape index (κ2) is 4.24. The summed E-state index contributed by atoms with van der Waals surface area (Å²) in [7, 11) is 0. The minimum absolute atomic E-state index is 0.230. The van der Waals surface area contributed by atoms with Crippen LogP contribution >= 0.6 is 27.5 Å². The molecular formula is C12H11BrClN3O. The largest absolute Gasteiger partial charge is 0.385 e. The Morgan fingerprint density at radius 1 is 1.44 bits per heavy atom. The van der Waals surface area contributed by atoms with Crippen LogP contribution in [0, 0.1) is 0 Å². The van der Waals surface area contributed by atoms with Crippen LogP contribution in [0.5, 0.6) is 0 Å². The van der Waals surface area contributed by atoms with Crippen LogP contribution in [0.25, 0.3) is 0 Å². The van der Waals surface area contributed by atoms with Gasteiger partial charge in [-0.05, 0) is 46.5 Å². The van der Waals surface area contributed by atoms with Crippen molar-refractivity contribution in [1.29, 1.82) is 0 Å². The summed E-state index contributed by atoms with van der Waals surface area (Å²) in [6.07, 6.45) is 2.06. The minimum atomic E-state index is -0.251. The van der Waals surface area contributed by atoms with E-state index in [1.165, 1.54) is 0 Å². The van der Waals surface area contributed by atoms with Gasteiger partial charge in [0.1, 0.15) is 11.9 Å². The van der Waals surface area contributed by atoms with Crippen LogP contribution in [-0.4, -0.2) is 22.8 Å². The molecule has 1 aromatic carbocycles. The van der Waals surface area contributed by atoms with E-state index in [1.54, 1.807) is 11.0 Å². The molecule has 1 unspecified atom stereocenters. The average molecular weight is 329 g/mol. The summed E-state index contributed by atoms with van der Waals surface area (Å²) in [5.41, 5.74) is 6.82. The van der Waals surface area contributed by atoms with E-state index in [9.17, 15) is 4.79 Å². The summed E-state index contributed by atoms with van der Waals surface area (Å²) < 4.78 is 0.796. The van der Waals surface area contributed by atoms with Gasteiger partial charge in [-0.25, -0.2) is 4.79 Å². The second-order valence-electron chi connectivity index (χ2n) is 4.53. The molecule has 1 aliphatic carbocycles. The number of aliphatic imine (C=N–C) groups is 1. The number of rotatable bonds is 2. The summed E-state index contributed by atoms with van der Waals surface area (Å²) in [4.78, 5) is 17.5. The lowest BCUT2D eigenvalue weighted by Gasteiger charge is -2.24. The Labute approximate surface area is 118 Å². The Morgan fingerprint density at radius 2 is 2.17 bits per heavy atom. The first kappa shape index (κ1) is 12.0. The monoisotopic (exact) mass is 327 g/mol. The molecule has 1 heterocycles. The first-order valence-electron chi connectivity index (χ1n) is 5.69. The maximum Gasteiger partial charge on any atom is 0.346 e. The summed E-state index contributed by atoms with van der Waals surface area (Å²) >= 11 is 9.36. The van der Waals surface area contributed by atoms with Crippen molar-refractivity contribution >= 4 is 39.4 Å². The summed E-state index contributed by atoms with van der Waals surface area (Å²) in [5, 5.41) is 0.636. The van der Waals surface area contributed by atoms with Gasteiger partial charge in [0.15, 0.2) is 0 Å². The van der Waals surface area contributed by atoms with Crippen molar-refractivity contribution in [3.8, 4) is 0 Å². The molecular weight excluding hydrogens is 318 g/mol. The lowest BCUT2D eigenvalue weighted by Crippen LogP contribution is -2.35. The molecule has 0 aromatic heterocycles. The molecule has 2 amide bonds. The average Bonchev–Trinajstić information content (AvgIpc) is 3.09. The highest BCUT2D eigenvalue weighted by Crippen LogP contribution is 2.39. The standard InChI is InChI=1S/C12H11BrClN3O/c13-8-5-6(1-4-9(8)14)10-11(15)16-12(18)17(10)7-2-3-7/h1,4-5,7,10H,2-3H2,(H2,15,16,18). The fourth-order valence-corrected chi connectivity index (χ4v) is 2.73. The maximum absolute atomic E-state index is 11.8. The highest BCUT2D eigenvalue weighted by molar-refractivity contribution is 9.10. The normalized spacial score (nSPS) is 23.4. The van der Waals surface area contributed by atoms with E-state index in [0.717, 1.165) is 22.9 Å². The fourth-order valence-electron chi connectivity index (χ4n) is 2.22. The number of nitrogens with zero attached hydrogens (tertiary/aromatic N) is 2. The quantitative estimate of drug-likeness (QED) is 0.907. The third-order valence-corrected chi connectivity index (χ3v) is 4.42. The van der Waals surface area contributed by atoms with E-state index < -0.39 is 0 Å². The van der Waals surface area contributed by atoms with Crippen LogP contribution in [-0.2, 0) is 0 Å². The van der Waals surface area contributed by atoms with Gasteiger partial charge in [-0.3, -0.25) is 0 Å².